The van der Waals surface area contributed by atoms with Crippen LogP contribution in [0.5, 0.6) is 0 Å². The molecule has 2 aromatic rings. The lowest BCUT2D eigenvalue weighted by Crippen LogP contribution is -2.32. The maximum absolute atomic E-state index is 4.90. The van der Waals surface area contributed by atoms with Gasteiger partial charge < -0.3 is 5.32 Å². The van der Waals surface area contributed by atoms with Crippen molar-refractivity contribution in [1.82, 2.24) is 20.0 Å². The van der Waals surface area contributed by atoms with Crippen molar-refractivity contribution in [3.63, 3.8) is 0 Å². The van der Waals surface area contributed by atoms with E-state index in [1.807, 2.05) is 7.05 Å². The van der Waals surface area contributed by atoms with Crippen LogP contribution in [0.2, 0.25) is 0 Å². The molecule has 2 heterocycles. The number of aromatic nitrogens is 2. The molecule has 1 aromatic carbocycles. The predicted molar refractivity (Wildman–Crippen MR) is 90.3 cm³/mol. The van der Waals surface area contributed by atoms with Gasteiger partial charge in [0.2, 0.25) is 0 Å². The van der Waals surface area contributed by atoms with Gasteiger partial charge in [-0.05, 0) is 39.1 Å². The van der Waals surface area contributed by atoms with Crippen molar-refractivity contribution in [3.8, 4) is 5.69 Å². The summed E-state index contributed by atoms with van der Waals surface area (Å²) in [6.45, 7) is 8.55. The van der Waals surface area contributed by atoms with Crippen LogP contribution in [0.25, 0.3) is 5.69 Å². The molecule has 22 heavy (non-hydrogen) atoms. The summed E-state index contributed by atoms with van der Waals surface area (Å²) < 4.78 is 2.16. The van der Waals surface area contributed by atoms with Gasteiger partial charge in [0.1, 0.15) is 0 Å². The van der Waals surface area contributed by atoms with Crippen molar-refractivity contribution >= 4 is 0 Å². The van der Waals surface area contributed by atoms with E-state index in [-0.39, 0.29) is 0 Å². The summed E-state index contributed by atoms with van der Waals surface area (Å²) in [6, 6.07) is 8.66. The van der Waals surface area contributed by atoms with Crippen LogP contribution in [-0.2, 0) is 19.5 Å². The fourth-order valence-electron chi connectivity index (χ4n) is 3.26. The lowest BCUT2D eigenvalue weighted by molar-refractivity contribution is 0.252. The lowest BCUT2D eigenvalue weighted by atomic mass is 10.0. The van der Waals surface area contributed by atoms with Crippen molar-refractivity contribution in [2.45, 2.75) is 39.8 Å². The first kappa shape index (κ1) is 15.3. The van der Waals surface area contributed by atoms with Crippen molar-refractivity contribution < 1.29 is 0 Å². The molecule has 0 aliphatic carbocycles. The molecule has 0 spiro atoms. The summed E-state index contributed by atoms with van der Waals surface area (Å²) in [5.74, 6) is 0. The van der Waals surface area contributed by atoms with E-state index < -0.39 is 0 Å². The van der Waals surface area contributed by atoms with Gasteiger partial charge in [-0.1, -0.05) is 24.6 Å². The van der Waals surface area contributed by atoms with Crippen LogP contribution >= 0.6 is 0 Å². The van der Waals surface area contributed by atoms with Gasteiger partial charge in [-0.25, -0.2) is 4.68 Å². The minimum absolute atomic E-state index is 0.834. The van der Waals surface area contributed by atoms with E-state index in [1.165, 1.54) is 41.2 Å². The van der Waals surface area contributed by atoms with Gasteiger partial charge in [0, 0.05) is 31.6 Å². The van der Waals surface area contributed by atoms with E-state index in [1.54, 1.807) is 0 Å². The average molecular weight is 298 g/mol. The van der Waals surface area contributed by atoms with Gasteiger partial charge in [0.05, 0.1) is 17.1 Å². The molecule has 0 amide bonds. The van der Waals surface area contributed by atoms with E-state index in [9.17, 15) is 0 Å². The second-order valence-corrected chi connectivity index (χ2v) is 6.18. The molecular weight excluding hydrogens is 272 g/mol. The first-order valence-corrected chi connectivity index (χ1v) is 8.26. The topological polar surface area (TPSA) is 33.1 Å². The van der Waals surface area contributed by atoms with E-state index in [4.69, 9.17) is 5.10 Å². The Morgan fingerprint density at radius 1 is 1.23 bits per heavy atom. The van der Waals surface area contributed by atoms with Gasteiger partial charge in [-0.15, -0.1) is 0 Å². The molecule has 118 valence electrons. The summed E-state index contributed by atoms with van der Waals surface area (Å²) in [4.78, 5) is 2.54. The molecule has 4 heteroatoms. The molecule has 3 rings (SSSR count). The molecule has 0 saturated carbocycles. The number of fused-ring (bicyclic) bond motifs is 1. The highest BCUT2D eigenvalue weighted by molar-refractivity contribution is 5.40. The number of aryl methyl sites for hydroxylation is 1. The van der Waals surface area contributed by atoms with Gasteiger partial charge in [-0.3, -0.25) is 4.90 Å². The zero-order chi connectivity index (χ0) is 15.5. The first-order valence-electron chi connectivity index (χ1n) is 8.26. The normalized spacial score (nSPS) is 15.0. The van der Waals surface area contributed by atoms with Crippen LogP contribution < -0.4 is 5.32 Å². The molecule has 1 aliphatic rings. The van der Waals surface area contributed by atoms with Crippen LogP contribution in [0.1, 0.15) is 35.9 Å². The Balaban J connectivity index is 1.98. The Morgan fingerprint density at radius 3 is 2.68 bits per heavy atom. The molecule has 0 radical (unpaired) electrons. The highest BCUT2D eigenvalue weighted by Gasteiger charge is 2.24. The molecule has 0 unspecified atom stereocenters. The Hall–Kier alpha value is -1.65. The molecule has 0 bridgehead atoms. The third-order valence-electron chi connectivity index (χ3n) is 4.38. The molecule has 0 saturated heterocycles. The van der Waals surface area contributed by atoms with E-state index >= 15 is 0 Å². The SMILES string of the molecule is CCCN1CCc2c(c(CNC)nn2-c2ccc(C)cc2)C1. The molecule has 0 fully saturated rings. The number of rotatable bonds is 5. The minimum Gasteiger partial charge on any atom is -0.314 e. The van der Waals surface area contributed by atoms with Gasteiger partial charge in [0.15, 0.2) is 0 Å². The standard InChI is InChI=1S/C18H26N4/c1-4-10-21-11-9-18-16(13-21)17(12-19-3)20-22(18)15-7-5-14(2)6-8-15/h5-8,19H,4,9-13H2,1-3H3. The average Bonchev–Trinajstić information content (AvgIpc) is 2.87. The lowest BCUT2D eigenvalue weighted by Gasteiger charge is -2.27. The number of hydrogen-bond acceptors (Lipinski definition) is 3. The van der Waals surface area contributed by atoms with Crippen molar-refractivity contribution in [2.24, 2.45) is 0 Å². The van der Waals surface area contributed by atoms with Gasteiger partial charge >= 0.3 is 0 Å². The van der Waals surface area contributed by atoms with Crippen LogP contribution in [-0.4, -0.2) is 34.8 Å². The molecule has 0 atom stereocenters. The quantitative estimate of drug-likeness (QED) is 0.921. The van der Waals surface area contributed by atoms with Crippen LogP contribution in [0, 0.1) is 6.92 Å². The van der Waals surface area contributed by atoms with Crippen LogP contribution in [0.3, 0.4) is 0 Å². The second kappa shape index (κ2) is 6.63. The molecule has 4 nitrogen and oxygen atoms in total. The smallest absolute Gasteiger partial charge is 0.0814 e. The Labute approximate surface area is 133 Å². The number of benzene rings is 1. The second-order valence-electron chi connectivity index (χ2n) is 6.18. The maximum atomic E-state index is 4.90. The molecule has 1 N–H and O–H groups in total. The highest BCUT2D eigenvalue weighted by atomic mass is 15.3. The zero-order valence-electron chi connectivity index (χ0n) is 13.9. The summed E-state index contributed by atoms with van der Waals surface area (Å²) in [6.07, 6.45) is 2.29. The van der Waals surface area contributed by atoms with Crippen molar-refractivity contribution in [2.75, 3.05) is 20.1 Å². The van der Waals surface area contributed by atoms with Gasteiger partial charge in [0.25, 0.3) is 0 Å². The van der Waals surface area contributed by atoms with E-state index in [0.717, 1.165) is 26.1 Å². The Bertz CT molecular complexity index is 627. The number of hydrogen-bond donors (Lipinski definition) is 1. The largest absolute Gasteiger partial charge is 0.314 e. The molecule has 1 aliphatic heterocycles. The number of nitrogens with zero attached hydrogens (tertiary/aromatic N) is 3. The fraction of sp³-hybridized carbons (Fsp3) is 0.500. The molecule has 1 aromatic heterocycles. The highest BCUT2D eigenvalue weighted by Crippen LogP contribution is 2.25. The maximum Gasteiger partial charge on any atom is 0.0814 e. The van der Waals surface area contributed by atoms with E-state index in [2.05, 4.69) is 53.0 Å². The third-order valence-corrected chi connectivity index (χ3v) is 4.38. The monoisotopic (exact) mass is 298 g/mol. The van der Waals surface area contributed by atoms with E-state index in [0.29, 0.717) is 0 Å². The van der Waals surface area contributed by atoms with Crippen molar-refractivity contribution in [1.29, 1.82) is 0 Å². The van der Waals surface area contributed by atoms with Gasteiger partial charge in [-0.2, -0.15) is 5.10 Å². The first-order chi connectivity index (χ1) is 10.7. The summed E-state index contributed by atoms with van der Waals surface area (Å²) in [5, 5.41) is 8.16. The third kappa shape index (κ3) is 2.94. The van der Waals surface area contributed by atoms with Crippen LogP contribution in [0.15, 0.2) is 24.3 Å². The summed E-state index contributed by atoms with van der Waals surface area (Å²) in [7, 11) is 1.99. The zero-order valence-corrected chi connectivity index (χ0v) is 13.9. The number of nitrogens with one attached hydrogen (secondary N) is 1. The minimum atomic E-state index is 0.834. The Morgan fingerprint density at radius 2 is 2.00 bits per heavy atom. The van der Waals surface area contributed by atoms with Crippen LogP contribution in [0.4, 0.5) is 0 Å². The molecular formula is C18H26N4. The summed E-state index contributed by atoms with van der Waals surface area (Å²) >= 11 is 0. The van der Waals surface area contributed by atoms with Crippen molar-refractivity contribution in [3.05, 3.63) is 46.8 Å². The fourth-order valence-corrected chi connectivity index (χ4v) is 3.26. The predicted octanol–water partition coefficient (Wildman–Crippen LogP) is 2.67. The Kier molecular flexibility index (Phi) is 4.60. The summed E-state index contributed by atoms with van der Waals surface area (Å²) in [5.41, 5.74) is 6.47.